The van der Waals surface area contributed by atoms with Crippen molar-refractivity contribution in [1.82, 2.24) is 9.78 Å². The maximum Gasteiger partial charge on any atom is 0.387 e. The van der Waals surface area contributed by atoms with Gasteiger partial charge in [0, 0.05) is 12.2 Å². The molecule has 9 heteroatoms. The first kappa shape index (κ1) is 19.5. The summed E-state index contributed by atoms with van der Waals surface area (Å²) in [6, 6.07) is 6.61. The topological polar surface area (TPSA) is 67.2 Å². The van der Waals surface area contributed by atoms with Crippen molar-refractivity contribution >= 4 is 26.8 Å². The minimum atomic E-state index is -3.02. The van der Waals surface area contributed by atoms with Gasteiger partial charge in [-0.05, 0) is 53.0 Å². The predicted molar refractivity (Wildman–Crippen MR) is 97.9 cm³/mol. The third-order valence-corrected chi connectivity index (χ3v) is 4.83. The largest absolute Gasteiger partial charge is 0.434 e. The van der Waals surface area contributed by atoms with Crippen LogP contribution in [0.3, 0.4) is 0 Å². The first-order chi connectivity index (χ1) is 12.8. The molecule has 0 bridgehead atoms. The number of nitrogens with zero attached hydrogens (tertiary/aromatic N) is 1. The zero-order valence-electron chi connectivity index (χ0n) is 14.2. The van der Waals surface area contributed by atoms with Gasteiger partial charge in [0.1, 0.15) is 11.6 Å². The summed E-state index contributed by atoms with van der Waals surface area (Å²) < 4.78 is 45.7. The van der Waals surface area contributed by atoms with Gasteiger partial charge in [-0.3, -0.25) is 14.6 Å². The van der Waals surface area contributed by atoms with Gasteiger partial charge in [0.05, 0.1) is 21.4 Å². The van der Waals surface area contributed by atoms with Crippen LogP contribution < -0.4 is 10.3 Å². The molecule has 5 nitrogen and oxygen atoms in total. The highest BCUT2D eigenvalue weighted by molar-refractivity contribution is 9.10. The van der Waals surface area contributed by atoms with E-state index in [0.29, 0.717) is 16.6 Å². The lowest BCUT2D eigenvalue weighted by Gasteiger charge is -2.22. The smallest absolute Gasteiger partial charge is 0.387 e. The number of halogens is 4. The Balaban J connectivity index is 2.22. The molecule has 144 valence electrons. The number of H-pyrrole nitrogens is 1. The minimum absolute atomic E-state index is 0.0488. The van der Waals surface area contributed by atoms with Gasteiger partial charge in [-0.15, -0.1) is 0 Å². The molecule has 0 saturated heterocycles. The standard InChI is InChI=1S/C18H16BrF3N2O3/c1-9-2-3-10(16(6-9)27-18(21)22)14(4-5-25)24-15-8-12(19)13(20)7-11(15)17(26)23-24/h2-3,6-8,14,18,25H,4-5H2,1H3,(H,23,26). The summed E-state index contributed by atoms with van der Waals surface area (Å²) in [6.45, 7) is -1.56. The zero-order valence-corrected chi connectivity index (χ0v) is 15.8. The van der Waals surface area contributed by atoms with Crippen LogP contribution in [-0.4, -0.2) is 28.1 Å². The second-order valence-electron chi connectivity index (χ2n) is 6.04. The highest BCUT2D eigenvalue weighted by Crippen LogP contribution is 2.34. The van der Waals surface area contributed by atoms with E-state index in [9.17, 15) is 23.1 Å². The molecule has 2 aromatic carbocycles. The number of aliphatic hydroxyl groups excluding tert-OH is 1. The number of rotatable bonds is 6. The molecule has 0 spiro atoms. The SMILES string of the molecule is Cc1ccc(C(CCO)n2[nH]c(=O)c3cc(F)c(Br)cc32)c(OC(F)F)c1. The van der Waals surface area contributed by atoms with Crippen LogP contribution in [0.4, 0.5) is 13.2 Å². The molecule has 3 aromatic rings. The van der Waals surface area contributed by atoms with E-state index < -0.39 is 24.0 Å². The Hall–Kier alpha value is -2.26. The highest BCUT2D eigenvalue weighted by Gasteiger charge is 2.23. The Morgan fingerprint density at radius 2 is 2.04 bits per heavy atom. The lowest BCUT2D eigenvalue weighted by Crippen LogP contribution is -2.18. The molecule has 27 heavy (non-hydrogen) atoms. The molecule has 0 aliphatic rings. The summed E-state index contributed by atoms with van der Waals surface area (Å²) in [6.07, 6.45) is 0.122. The second-order valence-corrected chi connectivity index (χ2v) is 6.90. The molecular formula is C18H16BrF3N2O3. The van der Waals surface area contributed by atoms with Crippen molar-refractivity contribution in [3.63, 3.8) is 0 Å². The number of ether oxygens (including phenoxy) is 1. The number of nitrogens with one attached hydrogen (secondary N) is 1. The average Bonchev–Trinajstić information content (AvgIpc) is 2.89. The third-order valence-electron chi connectivity index (χ3n) is 4.22. The van der Waals surface area contributed by atoms with E-state index in [1.165, 1.54) is 16.8 Å². The van der Waals surface area contributed by atoms with Gasteiger partial charge < -0.3 is 9.84 Å². The number of hydrogen-bond acceptors (Lipinski definition) is 3. The molecule has 1 atom stereocenters. The fraction of sp³-hybridized carbons (Fsp3) is 0.278. The number of aliphatic hydroxyl groups is 1. The van der Waals surface area contributed by atoms with Crippen molar-refractivity contribution in [2.45, 2.75) is 26.0 Å². The summed E-state index contributed by atoms with van der Waals surface area (Å²) >= 11 is 3.08. The van der Waals surface area contributed by atoms with Crippen molar-refractivity contribution in [2.24, 2.45) is 0 Å². The van der Waals surface area contributed by atoms with E-state index in [-0.39, 0.29) is 28.6 Å². The van der Waals surface area contributed by atoms with Crippen LogP contribution in [0.5, 0.6) is 5.75 Å². The van der Waals surface area contributed by atoms with Crippen LogP contribution in [0.15, 0.2) is 39.6 Å². The van der Waals surface area contributed by atoms with Crippen LogP contribution in [-0.2, 0) is 0 Å². The van der Waals surface area contributed by atoms with Crippen LogP contribution in [0.25, 0.3) is 10.9 Å². The quantitative estimate of drug-likeness (QED) is 0.600. The molecule has 0 saturated carbocycles. The summed E-state index contributed by atoms with van der Waals surface area (Å²) in [7, 11) is 0. The van der Waals surface area contributed by atoms with Gasteiger partial charge >= 0.3 is 6.61 Å². The predicted octanol–water partition coefficient (Wildman–Crippen LogP) is 4.11. The molecule has 2 N–H and O–H groups in total. The van der Waals surface area contributed by atoms with E-state index in [1.807, 2.05) is 0 Å². The van der Waals surface area contributed by atoms with E-state index in [0.717, 1.165) is 6.07 Å². The van der Waals surface area contributed by atoms with Gasteiger partial charge in [0.25, 0.3) is 5.56 Å². The first-order valence-electron chi connectivity index (χ1n) is 8.07. The number of fused-ring (bicyclic) bond motifs is 1. The lowest BCUT2D eigenvalue weighted by atomic mass is 10.0. The Morgan fingerprint density at radius 1 is 1.30 bits per heavy atom. The Morgan fingerprint density at radius 3 is 2.70 bits per heavy atom. The molecule has 3 rings (SSSR count). The number of benzene rings is 2. The van der Waals surface area contributed by atoms with Crippen LogP contribution in [0.2, 0.25) is 0 Å². The lowest BCUT2D eigenvalue weighted by molar-refractivity contribution is -0.0508. The second kappa shape index (κ2) is 7.77. The monoisotopic (exact) mass is 444 g/mol. The summed E-state index contributed by atoms with van der Waals surface area (Å²) in [4.78, 5) is 12.2. The minimum Gasteiger partial charge on any atom is -0.434 e. The fourth-order valence-electron chi connectivity index (χ4n) is 3.05. The molecule has 0 amide bonds. The first-order valence-corrected chi connectivity index (χ1v) is 8.86. The molecule has 1 heterocycles. The van der Waals surface area contributed by atoms with Gasteiger partial charge in [-0.1, -0.05) is 12.1 Å². The Labute approximate surface area is 160 Å². The van der Waals surface area contributed by atoms with E-state index in [2.05, 4.69) is 25.8 Å². The van der Waals surface area contributed by atoms with E-state index >= 15 is 0 Å². The van der Waals surface area contributed by atoms with Crippen molar-refractivity contribution in [2.75, 3.05) is 6.61 Å². The maximum atomic E-state index is 13.8. The van der Waals surface area contributed by atoms with Crippen LogP contribution >= 0.6 is 15.9 Å². The molecule has 1 unspecified atom stereocenters. The number of aromatic amines is 1. The average molecular weight is 445 g/mol. The van der Waals surface area contributed by atoms with Gasteiger partial charge in [-0.2, -0.15) is 8.78 Å². The van der Waals surface area contributed by atoms with Gasteiger partial charge in [-0.25, -0.2) is 4.39 Å². The molecule has 0 radical (unpaired) electrons. The molecule has 0 aliphatic carbocycles. The van der Waals surface area contributed by atoms with Crippen molar-refractivity contribution in [1.29, 1.82) is 0 Å². The van der Waals surface area contributed by atoms with Crippen molar-refractivity contribution in [3.8, 4) is 5.75 Å². The summed E-state index contributed by atoms with van der Waals surface area (Å²) in [5, 5.41) is 12.2. The normalized spacial score (nSPS) is 12.7. The maximum absolute atomic E-state index is 13.8. The summed E-state index contributed by atoms with van der Waals surface area (Å²) in [5.74, 6) is -0.645. The zero-order chi connectivity index (χ0) is 19.7. The highest BCUT2D eigenvalue weighted by atomic mass is 79.9. The number of aryl methyl sites for hydroxylation is 1. The molecule has 0 aliphatic heterocycles. The van der Waals surface area contributed by atoms with Gasteiger partial charge in [0.15, 0.2) is 0 Å². The Kier molecular flexibility index (Phi) is 5.61. The van der Waals surface area contributed by atoms with E-state index in [1.54, 1.807) is 19.1 Å². The molecule has 0 fully saturated rings. The number of aromatic nitrogens is 2. The number of alkyl halides is 2. The molecule has 1 aromatic heterocycles. The fourth-order valence-corrected chi connectivity index (χ4v) is 3.39. The summed E-state index contributed by atoms with van der Waals surface area (Å²) in [5.41, 5.74) is 0.925. The third kappa shape index (κ3) is 3.89. The van der Waals surface area contributed by atoms with E-state index in [4.69, 9.17) is 0 Å². The number of hydrogen-bond donors (Lipinski definition) is 2. The van der Waals surface area contributed by atoms with Crippen LogP contribution in [0, 0.1) is 12.7 Å². The van der Waals surface area contributed by atoms with Crippen molar-refractivity contribution in [3.05, 3.63) is 62.1 Å². The van der Waals surface area contributed by atoms with Crippen molar-refractivity contribution < 1.29 is 23.0 Å². The molecular weight excluding hydrogens is 429 g/mol. The Bertz CT molecular complexity index is 1030. The van der Waals surface area contributed by atoms with Gasteiger partial charge in [0.2, 0.25) is 0 Å². The van der Waals surface area contributed by atoms with Crippen LogP contribution in [0.1, 0.15) is 23.6 Å².